The van der Waals surface area contributed by atoms with Gasteiger partial charge in [-0.25, -0.2) is 12.7 Å². The fourth-order valence-corrected chi connectivity index (χ4v) is 3.97. The second-order valence-corrected chi connectivity index (χ2v) is 8.12. The summed E-state index contributed by atoms with van der Waals surface area (Å²) in [6, 6.07) is 6.09. The maximum absolute atomic E-state index is 11.7. The lowest BCUT2D eigenvalue weighted by Crippen LogP contribution is -2.47. The molecule has 1 N–H and O–H groups in total. The second kappa shape index (κ2) is 7.07. The summed E-state index contributed by atoms with van der Waals surface area (Å²) in [6.45, 7) is 3.14. The van der Waals surface area contributed by atoms with E-state index in [9.17, 15) is 8.42 Å². The SMILES string of the molecule is CS(=O)(=O)N1CCC[C@@H](NCc2cccc3c2OCCCO3)C1. The van der Waals surface area contributed by atoms with E-state index in [1.807, 2.05) is 18.2 Å². The molecule has 1 atom stereocenters. The van der Waals surface area contributed by atoms with Gasteiger partial charge < -0.3 is 14.8 Å². The van der Waals surface area contributed by atoms with Gasteiger partial charge in [0.15, 0.2) is 11.5 Å². The van der Waals surface area contributed by atoms with Crippen molar-refractivity contribution in [2.75, 3.05) is 32.6 Å². The number of nitrogens with zero attached hydrogens (tertiary/aromatic N) is 1. The molecule has 0 aromatic heterocycles. The summed E-state index contributed by atoms with van der Waals surface area (Å²) in [7, 11) is -3.11. The van der Waals surface area contributed by atoms with Crippen molar-refractivity contribution in [3.63, 3.8) is 0 Å². The zero-order valence-electron chi connectivity index (χ0n) is 13.5. The second-order valence-electron chi connectivity index (χ2n) is 6.14. The summed E-state index contributed by atoms with van der Waals surface area (Å²) in [6.07, 6.45) is 4.03. The molecule has 128 valence electrons. The van der Waals surface area contributed by atoms with Crippen LogP contribution in [0.5, 0.6) is 11.5 Å². The zero-order valence-corrected chi connectivity index (χ0v) is 14.3. The summed E-state index contributed by atoms with van der Waals surface area (Å²) in [5, 5.41) is 3.47. The monoisotopic (exact) mass is 340 g/mol. The van der Waals surface area contributed by atoms with Crippen LogP contribution in [-0.2, 0) is 16.6 Å². The minimum absolute atomic E-state index is 0.168. The van der Waals surface area contributed by atoms with E-state index in [0.29, 0.717) is 32.8 Å². The number of sulfonamides is 1. The quantitative estimate of drug-likeness (QED) is 0.896. The van der Waals surface area contributed by atoms with Crippen LogP contribution in [0.1, 0.15) is 24.8 Å². The largest absolute Gasteiger partial charge is 0.490 e. The molecule has 1 aromatic rings. The molecular formula is C16H24N2O4S. The third kappa shape index (κ3) is 4.16. The number of fused-ring (bicyclic) bond motifs is 1. The van der Waals surface area contributed by atoms with Crippen LogP contribution in [0.25, 0.3) is 0 Å². The van der Waals surface area contributed by atoms with Crippen molar-refractivity contribution in [2.45, 2.75) is 31.8 Å². The molecule has 2 aliphatic rings. The summed E-state index contributed by atoms with van der Waals surface area (Å²) in [5.41, 5.74) is 1.06. The van der Waals surface area contributed by atoms with E-state index in [1.165, 1.54) is 6.26 Å². The van der Waals surface area contributed by atoms with E-state index >= 15 is 0 Å². The van der Waals surface area contributed by atoms with E-state index < -0.39 is 10.0 Å². The van der Waals surface area contributed by atoms with E-state index in [-0.39, 0.29) is 6.04 Å². The van der Waals surface area contributed by atoms with Crippen LogP contribution < -0.4 is 14.8 Å². The third-order valence-corrected chi connectivity index (χ3v) is 5.56. The maximum Gasteiger partial charge on any atom is 0.211 e. The Balaban J connectivity index is 1.64. The molecule has 23 heavy (non-hydrogen) atoms. The van der Waals surface area contributed by atoms with Gasteiger partial charge in [0.2, 0.25) is 10.0 Å². The van der Waals surface area contributed by atoms with Gasteiger partial charge in [-0.1, -0.05) is 12.1 Å². The van der Waals surface area contributed by atoms with Gasteiger partial charge in [0.25, 0.3) is 0 Å². The van der Waals surface area contributed by atoms with Crippen molar-refractivity contribution >= 4 is 10.0 Å². The topological polar surface area (TPSA) is 67.9 Å². The fraction of sp³-hybridized carbons (Fsp3) is 0.625. The number of nitrogens with one attached hydrogen (secondary N) is 1. The van der Waals surface area contributed by atoms with Crippen LogP contribution in [0.4, 0.5) is 0 Å². The molecule has 0 spiro atoms. The molecule has 6 nitrogen and oxygen atoms in total. The Morgan fingerprint density at radius 1 is 1.26 bits per heavy atom. The van der Waals surface area contributed by atoms with Crippen LogP contribution in [0.15, 0.2) is 18.2 Å². The predicted molar refractivity (Wildman–Crippen MR) is 88.3 cm³/mol. The Bertz CT molecular complexity index is 647. The average molecular weight is 340 g/mol. The molecule has 0 unspecified atom stereocenters. The summed E-state index contributed by atoms with van der Waals surface area (Å²) < 4.78 is 36.5. The molecule has 0 aliphatic carbocycles. The molecular weight excluding hydrogens is 316 g/mol. The molecule has 7 heteroatoms. The van der Waals surface area contributed by atoms with Crippen molar-refractivity contribution in [1.82, 2.24) is 9.62 Å². The Hall–Kier alpha value is -1.31. The molecule has 0 bridgehead atoms. The highest BCUT2D eigenvalue weighted by molar-refractivity contribution is 7.88. The molecule has 3 rings (SSSR count). The fourth-order valence-electron chi connectivity index (χ4n) is 3.06. The van der Waals surface area contributed by atoms with Crippen molar-refractivity contribution in [1.29, 1.82) is 0 Å². The van der Waals surface area contributed by atoms with Crippen molar-refractivity contribution in [2.24, 2.45) is 0 Å². The highest BCUT2D eigenvalue weighted by atomic mass is 32.2. The molecule has 2 aliphatic heterocycles. The smallest absolute Gasteiger partial charge is 0.211 e. The van der Waals surface area contributed by atoms with Gasteiger partial charge in [-0.15, -0.1) is 0 Å². The molecule has 2 heterocycles. The highest BCUT2D eigenvalue weighted by Gasteiger charge is 2.26. The van der Waals surface area contributed by atoms with E-state index in [4.69, 9.17) is 9.47 Å². The van der Waals surface area contributed by atoms with E-state index in [1.54, 1.807) is 4.31 Å². The number of hydrogen-bond acceptors (Lipinski definition) is 5. The predicted octanol–water partition coefficient (Wildman–Crippen LogP) is 1.36. The van der Waals surface area contributed by atoms with E-state index in [0.717, 1.165) is 36.3 Å². The van der Waals surface area contributed by atoms with Gasteiger partial charge in [0, 0.05) is 37.7 Å². The number of para-hydroxylation sites is 1. The number of rotatable bonds is 4. The Morgan fingerprint density at radius 3 is 2.91 bits per heavy atom. The lowest BCUT2D eigenvalue weighted by molar-refractivity contribution is 0.280. The van der Waals surface area contributed by atoms with Crippen LogP contribution in [0.2, 0.25) is 0 Å². The molecule has 0 saturated carbocycles. The first-order chi connectivity index (χ1) is 11.0. The molecule has 1 saturated heterocycles. The highest BCUT2D eigenvalue weighted by Crippen LogP contribution is 2.33. The summed E-state index contributed by atoms with van der Waals surface area (Å²) >= 11 is 0. The van der Waals surface area contributed by atoms with Crippen LogP contribution >= 0.6 is 0 Å². The van der Waals surface area contributed by atoms with E-state index in [2.05, 4.69) is 5.32 Å². The van der Waals surface area contributed by atoms with Crippen LogP contribution in [0, 0.1) is 0 Å². The van der Waals surface area contributed by atoms with Crippen molar-refractivity contribution in [3.8, 4) is 11.5 Å². The minimum atomic E-state index is -3.11. The van der Waals surface area contributed by atoms with Gasteiger partial charge in [0.1, 0.15) is 0 Å². The number of hydrogen-bond donors (Lipinski definition) is 1. The first-order valence-electron chi connectivity index (χ1n) is 8.10. The van der Waals surface area contributed by atoms with Gasteiger partial charge in [0.05, 0.1) is 19.5 Å². The first kappa shape index (κ1) is 16.5. The first-order valence-corrected chi connectivity index (χ1v) is 9.95. The van der Waals surface area contributed by atoms with Gasteiger partial charge in [-0.05, 0) is 18.9 Å². The minimum Gasteiger partial charge on any atom is -0.490 e. The lowest BCUT2D eigenvalue weighted by Gasteiger charge is -2.31. The third-order valence-electron chi connectivity index (χ3n) is 4.29. The van der Waals surface area contributed by atoms with Gasteiger partial charge in [-0.3, -0.25) is 0 Å². The Morgan fingerprint density at radius 2 is 2.09 bits per heavy atom. The van der Waals surface area contributed by atoms with Gasteiger partial charge >= 0.3 is 0 Å². The molecule has 0 amide bonds. The number of piperidine rings is 1. The Labute approximate surface area is 137 Å². The average Bonchev–Trinajstić information content (AvgIpc) is 2.78. The van der Waals surface area contributed by atoms with Crippen molar-refractivity contribution in [3.05, 3.63) is 23.8 Å². The number of ether oxygens (including phenoxy) is 2. The van der Waals surface area contributed by atoms with Crippen LogP contribution in [-0.4, -0.2) is 51.3 Å². The normalized spacial score (nSPS) is 22.6. The molecule has 1 fully saturated rings. The summed E-state index contributed by atoms with van der Waals surface area (Å²) in [5.74, 6) is 1.61. The zero-order chi connectivity index (χ0) is 16.3. The molecule has 1 aromatic carbocycles. The maximum atomic E-state index is 11.7. The van der Waals surface area contributed by atoms with Gasteiger partial charge in [-0.2, -0.15) is 0 Å². The molecule has 0 radical (unpaired) electrons. The Kier molecular flexibility index (Phi) is 5.08. The lowest BCUT2D eigenvalue weighted by atomic mass is 10.1. The van der Waals surface area contributed by atoms with Crippen molar-refractivity contribution < 1.29 is 17.9 Å². The standard InChI is InChI=1S/C16H24N2O4S/c1-23(19,20)18-8-3-6-14(12-18)17-11-13-5-2-7-15-16(13)22-10-4-9-21-15/h2,5,7,14,17H,3-4,6,8-12H2,1H3/t14-/m1/s1. The number of benzene rings is 1. The van der Waals surface area contributed by atoms with Crippen LogP contribution in [0.3, 0.4) is 0 Å². The summed E-state index contributed by atoms with van der Waals surface area (Å²) in [4.78, 5) is 0.